The number of alkyl halides is 3. The van der Waals surface area contributed by atoms with Gasteiger partial charge in [-0.25, -0.2) is 0 Å². The largest absolute Gasteiger partial charge is 0.573 e. The molecule has 11 heteroatoms. The lowest BCUT2D eigenvalue weighted by molar-refractivity contribution is -0.274. The van der Waals surface area contributed by atoms with Gasteiger partial charge in [-0.15, -0.1) is 13.2 Å². The number of nitrogens with one attached hydrogen (secondary N) is 1. The van der Waals surface area contributed by atoms with Crippen LogP contribution < -0.4 is 10.1 Å². The van der Waals surface area contributed by atoms with E-state index in [-0.39, 0.29) is 34.7 Å². The fraction of sp³-hybridized carbons (Fsp3) is 0.375. The number of halogens is 4. The molecular formula is C24H24ClF3N4O3. The summed E-state index contributed by atoms with van der Waals surface area (Å²) in [6.07, 6.45) is -1.01. The fourth-order valence-corrected chi connectivity index (χ4v) is 4.53. The summed E-state index contributed by atoms with van der Waals surface area (Å²) in [7, 11) is 0. The molecule has 1 N–H and O–H groups in total. The van der Waals surface area contributed by atoms with E-state index in [0.717, 1.165) is 12.8 Å². The SMILES string of the molecule is O=C(Nc1ccc(-c2ccccc2OC(F)(F)F)c(Cl)c1)C1CCCCN1C(=O)CN1C=NCC1. The quantitative estimate of drug-likeness (QED) is 0.620. The second-order valence-electron chi connectivity index (χ2n) is 8.32. The summed E-state index contributed by atoms with van der Waals surface area (Å²) in [6.45, 7) is 2.00. The number of carbonyl (C=O) groups is 2. The highest BCUT2D eigenvalue weighted by Gasteiger charge is 2.34. The highest BCUT2D eigenvalue weighted by atomic mass is 35.5. The standard InChI is InChI=1S/C24H24ClF3N4O3/c25-19-13-16(8-9-17(19)18-5-1-2-7-21(18)35-24(26,27)28)30-23(34)20-6-3-4-11-32(20)22(33)14-31-12-10-29-15-31/h1-2,5,7-9,13,15,20H,3-4,6,10-12,14H2,(H,30,34). The number of carbonyl (C=O) groups excluding carboxylic acids is 2. The molecule has 2 aliphatic rings. The third kappa shape index (κ3) is 6.25. The number of hydrogen-bond donors (Lipinski definition) is 1. The smallest absolute Gasteiger partial charge is 0.405 e. The summed E-state index contributed by atoms with van der Waals surface area (Å²) in [4.78, 5) is 33.4. The van der Waals surface area contributed by atoms with E-state index in [0.29, 0.717) is 37.3 Å². The van der Waals surface area contributed by atoms with E-state index in [1.807, 2.05) is 4.90 Å². The number of ether oxygens (including phenoxy) is 1. The topological polar surface area (TPSA) is 74.2 Å². The number of piperidine rings is 1. The van der Waals surface area contributed by atoms with Crippen molar-refractivity contribution in [3.8, 4) is 16.9 Å². The van der Waals surface area contributed by atoms with Crippen LogP contribution in [0.4, 0.5) is 18.9 Å². The molecule has 4 rings (SSSR count). The zero-order valence-electron chi connectivity index (χ0n) is 18.7. The van der Waals surface area contributed by atoms with Gasteiger partial charge in [0.2, 0.25) is 11.8 Å². The number of aliphatic imine (C=N–C) groups is 1. The number of benzene rings is 2. The van der Waals surface area contributed by atoms with E-state index in [2.05, 4.69) is 15.0 Å². The predicted octanol–water partition coefficient (Wildman–Crippen LogP) is 4.57. The monoisotopic (exact) mass is 508 g/mol. The van der Waals surface area contributed by atoms with Gasteiger partial charge in [0.15, 0.2) is 0 Å². The number of anilines is 1. The molecule has 1 unspecified atom stereocenters. The Morgan fingerprint density at radius 2 is 1.91 bits per heavy atom. The fourth-order valence-electron chi connectivity index (χ4n) is 4.24. The van der Waals surface area contributed by atoms with Gasteiger partial charge in [-0.3, -0.25) is 14.6 Å². The zero-order chi connectivity index (χ0) is 25.0. The van der Waals surface area contributed by atoms with Crippen LogP contribution in [0, 0.1) is 0 Å². The molecule has 0 aliphatic carbocycles. The highest BCUT2D eigenvalue weighted by Crippen LogP contribution is 2.38. The lowest BCUT2D eigenvalue weighted by Gasteiger charge is -2.35. The van der Waals surface area contributed by atoms with Gasteiger partial charge in [0.05, 0.1) is 24.5 Å². The first-order valence-electron chi connectivity index (χ1n) is 11.2. The van der Waals surface area contributed by atoms with Gasteiger partial charge < -0.3 is 19.9 Å². The van der Waals surface area contributed by atoms with Crippen LogP contribution in [-0.4, -0.2) is 66.5 Å². The summed E-state index contributed by atoms with van der Waals surface area (Å²) in [5.74, 6) is -0.844. The summed E-state index contributed by atoms with van der Waals surface area (Å²) < 4.78 is 42.5. The third-order valence-corrected chi connectivity index (χ3v) is 6.18. The molecule has 0 radical (unpaired) electrons. The van der Waals surface area contributed by atoms with Crippen molar-refractivity contribution >= 4 is 35.4 Å². The molecule has 1 atom stereocenters. The maximum absolute atomic E-state index is 13.1. The zero-order valence-corrected chi connectivity index (χ0v) is 19.5. The molecule has 0 aromatic heterocycles. The van der Waals surface area contributed by atoms with Crippen molar-refractivity contribution in [1.82, 2.24) is 9.80 Å². The van der Waals surface area contributed by atoms with Crippen molar-refractivity contribution in [2.75, 3.05) is 31.5 Å². The molecule has 35 heavy (non-hydrogen) atoms. The Hall–Kier alpha value is -3.27. The van der Waals surface area contributed by atoms with Crippen LogP contribution in [0.15, 0.2) is 47.5 Å². The number of hydrogen-bond acceptors (Lipinski definition) is 5. The first-order chi connectivity index (χ1) is 16.7. The van der Waals surface area contributed by atoms with E-state index in [1.54, 1.807) is 23.4 Å². The number of rotatable bonds is 6. The maximum atomic E-state index is 13.1. The maximum Gasteiger partial charge on any atom is 0.573 e. The van der Waals surface area contributed by atoms with Crippen LogP contribution in [0.25, 0.3) is 11.1 Å². The molecule has 0 bridgehead atoms. The Bertz CT molecular complexity index is 1130. The van der Waals surface area contributed by atoms with Crippen molar-refractivity contribution < 1.29 is 27.5 Å². The summed E-state index contributed by atoms with van der Waals surface area (Å²) >= 11 is 6.38. The van der Waals surface area contributed by atoms with Crippen LogP contribution in [0.2, 0.25) is 5.02 Å². The van der Waals surface area contributed by atoms with Crippen LogP contribution in [-0.2, 0) is 9.59 Å². The lowest BCUT2D eigenvalue weighted by Crippen LogP contribution is -2.52. The lowest BCUT2D eigenvalue weighted by atomic mass is 10.0. The van der Waals surface area contributed by atoms with Crippen molar-refractivity contribution in [2.45, 2.75) is 31.7 Å². The average molecular weight is 509 g/mol. The molecule has 2 aromatic rings. The minimum atomic E-state index is -4.85. The van der Waals surface area contributed by atoms with Crippen molar-refractivity contribution in [3.63, 3.8) is 0 Å². The van der Waals surface area contributed by atoms with Crippen molar-refractivity contribution in [1.29, 1.82) is 0 Å². The van der Waals surface area contributed by atoms with Crippen LogP contribution >= 0.6 is 11.6 Å². The number of para-hydroxylation sites is 1. The molecule has 1 fully saturated rings. The third-order valence-electron chi connectivity index (χ3n) is 5.86. The van der Waals surface area contributed by atoms with Gasteiger partial charge in [0, 0.05) is 29.9 Å². The molecule has 0 spiro atoms. The predicted molar refractivity (Wildman–Crippen MR) is 126 cm³/mol. The highest BCUT2D eigenvalue weighted by molar-refractivity contribution is 6.33. The summed E-state index contributed by atoms with van der Waals surface area (Å²) in [5.41, 5.74) is 0.871. The molecule has 186 valence electrons. The molecule has 2 aliphatic heterocycles. The Balaban J connectivity index is 1.48. The number of nitrogens with zero attached hydrogens (tertiary/aromatic N) is 3. The first-order valence-corrected chi connectivity index (χ1v) is 11.6. The minimum Gasteiger partial charge on any atom is -0.405 e. The van der Waals surface area contributed by atoms with E-state index >= 15 is 0 Å². The molecular weight excluding hydrogens is 485 g/mol. The number of amides is 2. The van der Waals surface area contributed by atoms with Gasteiger partial charge in [0.1, 0.15) is 11.8 Å². The van der Waals surface area contributed by atoms with Crippen LogP contribution in [0.5, 0.6) is 5.75 Å². The Labute approximate surface area is 205 Å². The first kappa shape index (κ1) is 24.8. The molecule has 1 saturated heterocycles. The molecule has 2 amide bonds. The van der Waals surface area contributed by atoms with Crippen molar-refractivity contribution in [3.05, 3.63) is 47.5 Å². The normalized spacial score (nSPS) is 18.0. The summed E-state index contributed by atoms with van der Waals surface area (Å²) in [6, 6.07) is 9.61. The molecule has 2 aromatic carbocycles. The van der Waals surface area contributed by atoms with Gasteiger partial charge in [-0.2, -0.15) is 0 Å². The van der Waals surface area contributed by atoms with Crippen LogP contribution in [0.1, 0.15) is 19.3 Å². The van der Waals surface area contributed by atoms with Gasteiger partial charge in [-0.05, 0) is 37.5 Å². The Morgan fingerprint density at radius 1 is 1.11 bits per heavy atom. The van der Waals surface area contributed by atoms with Crippen molar-refractivity contribution in [2.24, 2.45) is 4.99 Å². The van der Waals surface area contributed by atoms with Gasteiger partial charge in [-0.1, -0.05) is 35.9 Å². The Morgan fingerprint density at radius 3 is 2.63 bits per heavy atom. The van der Waals surface area contributed by atoms with Crippen LogP contribution in [0.3, 0.4) is 0 Å². The molecule has 7 nitrogen and oxygen atoms in total. The Kier molecular flexibility index (Phi) is 7.49. The van der Waals surface area contributed by atoms with Gasteiger partial charge in [0.25, 0.3) is 0 Å². The van der Waals surface area contributed by atoms with E-state index in [1.165, 1.54) is 30.3 Å². The molecule has 0 saturated carbocycles. The van der Waals surface area contributed by atoms with E-state index in [4.69, 9.17) is 11.6 Å². The minimum absolute atomic E-state index is 0.132. The second-order valence-corrected chi connectivity index (χ2v) is 8.73. The van der Waals surface area contributed by atoms with E-state index in [9.17, 15) is 22.8 Å². The average Bonchev–Trinajstić information content (AvgIpc) is 3.32. The second kappa shape index (κ2) is 10.6. The summed E-state index contributed by atoms with van der Waals surface area (Å²) in [5, 5.41) is 2.94. The van der Waals surface area contributed by atoms with Gasteiger partial charge >= 0.3 is 6.36 Å². The van der Waals surface area contributed by atoms with E-state index < -0.39 is 12.4 Å². The molecule has 2 heterocycles. The number of likely N-dealkylation sites (tertiary alicyclic amines) is 1.